The lowest BCUT2D eigenvalue weighted by atomic mass is 10.0. The Morgan fingerprint density at radius 2 is 1.56 bits per heavy atom. The van der Waals surface area contributed by atoms with Gasteiger partial charge < -0.3 is 4.90 Å². The molecule has 1 aromatic carbocycles. The predicted octanol–water partition coefficient (Wildman–Crippen LogP) is 4.65. The van der Waals surface area contributed by atoms with E-state index in [4.69, 9.17) is 0 Å². The van der Waals surface area contributed by atoms with Crippen LogP contribution in [0.2, 0.25) is 0 Å². The quantitative estimate of drug-likeness (QED) is 0.700. The van der Waals surface area contributed by atoms with E-state index in [0.717, 1.165) is 6.54 Å². The highest BCUT2D eigenvalue weighted by Gasteiger charge is 2.10. The minimum absolute atomic E-state index is 1.12. The normalized spacial score (nSPS) is 14.6. The summed E-state index contributed by atoms with van der Waals surface area (Å²) in [5.41, 5.74) is 3.03. The Kier molecular flexibility index (Phi) is 7.75. The first-order valence-corrected chi connectivity index (χ1v) is 7.53. The van der Waals surface area contributed by atoms with Gasteiger partial charge in [-0.2, -0.15) is 0 Å². The van der Waals surface area contributed by atoms with Gasteiger partial charge in [-0.3, -0.25) is 0 Å². The zero-order chi connectivity index (χ0) is 13.2. The lowest BCUT2D eigenvalue weighted by Crippen LogP contribution is -2.26. The van der Waals surface area contributed by atoms with E-state index in [0.29, 0.717) is 0 Å². The topological polar surface area (TPSA) is 3.24 Å². The summed E-state index contributed by atoms with van der Waals surface area (Å²) < 4.78 is 0. The van der Waals surface area contributed by atoms with Gasteiger partial charge in [0.05, 0.1) is 0 Å². The highest BCUT2D eigenvalue weighted by molar-refractivity contribution is 5.28. The van der Waals surface area contributed by atoms with E-state index in [1.807, 2.05) is 0 Å². The Morgan fingerprint density at radius 1 is 0.944 bits per heavy atom. The molecule has 1 aliphatic heterocycles. The monoisotopic (exact) mass is 247 g/mol. The molecule has 0 aliphatic carbocycles. The molecule has 0 atom stereocenters. The first-order valence-electron chi connectivity index (χ1n) is 7.53. The summed E-state index contributed by atoms with van der Waals surface area (Å²) in [5, 5.41) is 0. The van der Waals surface area contributed by atoms with E-state index >= 15 is 0 Å². The zero-order valence-corrected chi connectivity index (χ0v) is 12.4. The molecule has 0 unspecified atom stereocenters. The Labute approximate surface area is 113 Å². The summed E-state index contributed by atoms with van der Waals surface area (Å²) in [6.07, 6.45) is 8.22. The fraction of sp³-hybridized carbons (Fsp3) is 0.647. The van der Waals surface area contributed by atoms with Crippen molar-refractivity contribution in [3.63, 3.8) is 0 Å². The first kappa shape index (κ1) is 15.2. The van der Waals surface area contributed by atoms with Gasteiger partial charge in [0.1, 0.15) is 0 Å². The van der Waals surface area contributed by atoms with Crippen molar-refractivity contribution in [3.8, 4) is 0 Å². The largest absolute Gasteiger partial charge is 0.302 e. The van der Waals surface area contributed by atoms with Gasteiger partial charge in [0.2, 0.25) is 0 Å². The van der Waals surface area contributed by atoms with Crippen molar-refractivity contribution >= 4 is 0 Å². The van der Waals surface area contributed by atoms with Crippen LogP contribution in [0.1, 0.15) is 57.1 Å². The Morgan fingerprint density at radius 3 is 2.17 bits per heavy atom. The highest BCUT2D eigenvalue weighted by atomic mass is 15.1. The summed E-state index contributed by atoms with van der Waals surface area (Å²) in [6.45, 7) is 6.82. The summed E-state index contributed by atoms with van der Waals surface area (Å²) in [7, 11) is 2.18. The van der Waals surface area contributed by atoms with E-state index in [9.17, 15) is 0 Å². The molecule has 102 valence electrons. The van der Waals surface area contributed by atoms with Gasteiger partial charge in [0.15, 0.2) is 0 Å². The van der Waals surface area contributed by atoms with Gasteiger partial charge in [-0.25, -0.2) is 0 Å². The van der Waals surface area contributed by atoms with Crippen LogP contribution in [-0.4, -0.2) is 18.5 Å². The molecular weight excluding hydrogens is 218 g/mol. The number of unbranched alkanes of at least 4 members (excludes halogenated alkanes) is 4. The average molecular weight is 247 g/mol. The van der Waals surface area contributed by atoms with Gasteiger partial charge >= 0.3 is 0 Å². The van der Waals surface area contributed by atoms with Gasteiger partial charge in [-0.15, -0.1) is 0 Å². The number of benzene rings is 1. The molecule has 0 fully saturated rings. The van der Waals surface area contributed by atoms with Crippen molar-refractivity contribution in [2.45, 2.75) is 58.9 Å². The van der Waals surface area contributed by atoms with Gasteiger partial charge in [0, 0.05) is 13.1 Å². The van der Waals surface area contributed by atoms with E-state index < -0.39 is 0 Å². The van der Waals surface area contributed by atoms with Crippen LogP contribution in [0.4, 0.5) is 0 Å². The highest BCUT2D eigenvalue weighted by Crippen LogP contribution is 2.16. The summed E-state index contributed by atoms with van der Waals surface area (Å²) >= 11 is 0. The molecule has 1 nitrogen and oxygen atoms in total. The number of hydrogen-bond acceptors (Lipinski definition) is 1. The first-order chi connectivity index (χ1) is 8.77. The van der Waals surface area contributed by atoms with Crippen LogP contribution in [0.5, 0.6) is 0 Å². The molecule has 0 bridgehead atoms. The molecule has 18 heavy (non-hydrogen) atoms. The van der Waals surface area contributed by atoms with Crippen LogP contribution in [0.15, 0.2) is 24.3 Å². The second kappa shape index (κ2) is 9.16. The molecule has 0 spiro atoms. The van der Waals surface area contributed by atoms with E-state index in [1.165, 1.54) is 56.2 Å². The zero-order valence-electron chi connectivity index (χ0n) is 12.4. The fourth-order valence-electron chi connectivity index (χ4n) is 2.31. The number of hydrogen-bond donors (Lipinski definition) is 0. The van der Waals surface area contributed by atoms with Crippen molar-refractivity contribution < 1.29 is 0 Å². The maximum absolute atomic E-state index is 2.36. The lowest BCUT2D eigenvalue weighted by Gasteiger charge is -2.24. The summed E-state index contributed by atoms with van der Waals surface area (Å²) in [6, 6.07) is 8.72. The number of nitrogens with zero attached hydrogens (tertiary/aromatic N) is 1. The Bertz CT molecular complexity index is 315. The van der Waals surface area contributed by atoms with Crippen LogP contribution in [-0.2, 0) is 13.0 Å². The van der Waals surface area contributed by atoms with Crippen molar-refractivity contribution in [1.82, 2.24) is 4.90 Å². The third kappa shape index (κ3) is 5.68. The van der Waals surface area contributed by atoms with E-state index in [-0.39, 0.29) is 0 Å². The van der Waals surface area contributed by atoms with Crippen LogP contribution >= 0.6 is 0 Å². The maximum atomic E-state index is 2.36. The van der Waals surface area contributed by atoms with Crippen LogP contribution < -0.4 is 0 Å². The second-order valence-electron chi connectivity index (χ2n) is 5.32. The summed E-state index contributed by atoms with van der Waals surface area (Å²) in [4.78, 5) is 2.36. The van der Waals surface area contributed by atoms with Gasteiger partial charge in [0.25, 0.3) is 0 Å². The Balaban J connectivity index is 0.000000203. The van der Waals surface area contributed by atoms with E-state index in [2.05, 4.69) is 50.1 Å². The van der Waals surface area contributed by atoms with E-state index in [1.54, 1.807) is 0 Å². The van der Waals surface area contributed by atoms with Crippen molar-refractivity contribution in [3.05, 3.63) is 35.4 Å². The standard InChI is InChI=1S/C10H13N.C7H16/c1-11-7-6-9-4-2-3-5-10(9)8-11;1-3-5-7-6-4-2/h2-5H,6-8H2,1H3;3-7H2,1-2H3. The SMILES string of the molecule is CCCCCCC.CN1CCc2ccccc2C1. The second-order valence-corrected chi connectivity index (χ2v) is 5.32. The molecular formula is C17H29N. The minimum Gasteiger partial charge on any atom is -0.302 e. The Hall–Kier alpha value is -0.820. The number of rotatable bonds is 4. The molecule has 1 heterocycles. The lowest BCUT2D eigenvalue weighted by molar-refractivity contribution is 0.313. The van der Waals surface area contributed by atoms with Crippen LogP contribution in [0.25, 0.3) is 0 Å². The average Bonchev–Trinajstić information content (AvgIpc) is 2.40. The summed E-state index contributed by atoms with van der Waals surface area (Å²) in [5.74, 6) is 0. The fourth-order valence-corrected chi connectivity index (χ4v) is 2.31. The maximum Gasteiger partial charge on any atom is 0.0233 e. The molecule has 0 saturated carbocycles. The molecule has 2 rings (SSSR count). The van der Waals surface area contributed by atoms with Gasteiger partial charge in [-0.1, -0.05) is 70.2 Å². The minimum atomic E-state index is 1.12. The molecule has 0 saturated heterocycles. The molecule has 0 N–H and O–H groups in total. The van der Waals surface area contributed by atoms with Crippen molar-refractivity contribution in [2.24, 2.45) is 0 Å². The number of likely N-dealkylation sites (N-methyl/N-ethyl adjacent to an activating group) is 1. The molecule has 1 aromatic rings. The molecule has 0 radical (unpaired) electrons. The van der Waals surface area contributed by atoms with Gasteiger partial charge in [-0.05, 0) is 24.6 Å². The third-order valence-corrected chi connectivity index (χ3v) is 3.53. The molecule has 1 aliphatic rings. The van der Waals surface area contributed by atoms with Crippen molar-refractivity contribution in [2.75, 3.05) is 13.6 Å². The number of fused-ring (bicyclic) bond motifs is 1. The predicted molar refractivity (Wildman–Crippen MR) is 80.9 cm³/mol. The molecule has 0 aromatic heterocycles. The van der Waals surface area contributed by atoms with Crippen LogP contribution in [0.3, 0.4) is 0 Å². The van der Waals surface area contributed by atoms with Crippen molar-refractivity contribution in [1.29, 1.82) is 0 Å². The third-order valence-electron chi connectivity index (χ3n) is 3.53. The smallest absolute Gasteiger partial charge is 0.0233 e. The van der Waals surface area contributed by atoms with Crippen LogP contribution in [0, 0.1) is 0 Å². The molecule has 0 amide bonds. The molecule has 1 heteroatoms.